The number of aliphatic hydroxyl groups excluding tert-OH is 1. The van der Waals surface area contributed by atoms with Crippen LogP contribution in [-0.2, 0) is 16.4 Å². The van der Waals surface area contributed by atoms with Gasteiger partial charge in [0.2, 0.25) is 15.7 Å². The maximum atomic E-state index is 13.9. The summed E-state index contributed by atoms with van der Waals surface area (Å²) in [6, 6.07) is 3.53. The smallest absolute Gasteiger partial charge is 0.281 e. The summed E-state index contributed by atoms with van der Waals surface area (Å²) in [7, 11) is -4.31. The molecule has 7 nitrogen and oxygen atoms in total. The molecular formula is C15H11F2N3O4S. The van der Waals surface area contributed by atoms with Crippen LogP contribution < -0.4 is 9.88 Å². The van der Waals surface area contributed by atoms with Gasteiger partial charge in [-0.1, -0.05) is 0 Å². The first-order valence-corrected chi connectivity index (χ1v) is 8.43. The van der Waals surface area contributed by atoms with Crippen LogP contribution in [0.25, 0.3) is 4.85 Å². The van der Waals surface area contributed by atoms with Crippen LogP contribution in [0.5, 0.6) is 11.5 Å². The lowest BCUT2D eigenvalue weighted by molar-refractivity contribution is -0.0976. The lowest BCUT2D eigenvalue weighted by Gasteiger charge is -2.15. The summed E-state index contributed by atoms with van der Waals surface area (Å²) in [5.41, 5.74) is -0.447. The van der Waals surface area contributed by atoms with Crippen LogP contribution in [0.1, 0.15) is 17.2 Å². The number of aliphatic hydroxyl groups is 1. The minimum Gasteiger partial charge on any atom is -0.457 e. The number of hydrogen-bond acceptors (Lipinski definition) is 5. The van der Waals surface area contributed by atoms with Crippen LogP contribution in [0, 0.1) is 6.57 Å². The topological polar surface area (TPSA) is 107 Å². The number of alkyl halides is 2. The molecule has 1 aromatic heterocycles. The third-order valence-electron chi connectivity index (χ3n) is 3.72. The highest BCUT2D eigenvalue weighted by Gasteiger charge is 2.50. The number of hydrogen-bond donors (Lipinski definition) is 2. The number of nitrogens with two attached hydrogens (primary N) is 1. The average Bonchev–Trinajstić information content (AvgIpc) is 2.78. The molecule has 0 spiro atoms. The van der Waals surface area contributed by atoms with Crippen molar-refractivity contribution in [2.45, 2.75) is 23.3 Å². The van der Waals surface area contributed by atoms with E-state index in [4.69, 9.17) is 16.4 Å². The second-order valence-corrected chi connectivity index (χ2v) is 6.96. The Morgan fingerprint density at radius 2 is 2.12 bits per heavy atom. The van der Waals surface area contributed by atoms with Gasteiger partial charge in [0.25, 0.3) is 5.92 Å². The number of sulfonamides is 1. The maximum Gasteiger partial charge on any atom is 0.281 e. The Hall–Kier alpha value is -2.61. The second-order valence-electron chi connectivity index (χ2n) is 5.43. The molecule has 25 heavy (non-hydrogen) atoms. The number of benzene rings is 1. The SMILES string of the molecule is [C-]#[N+]c1cncc(Oc2ccc(S(N)(=O)=O)c3c2CC(F)(F)[C@H]3O)c1. The fourth-order valence-electron chi connectivity index (χ4n) is 2.64. The van der Waals surface area contributed by atoms with Gasteiger partial charge in [0.05, 0.1) is 17.7 Å². The van der Waals surface area contributed by atoms with Crippen molar-refractivity contribution >= 4 is 15.7 Å². The highest BCUT2D eigenvalue weighted by Crippen LogP contribution is 2.49. The number of pyridine rings is 1. The first-order valence-electron chi connectivity index (χ1n) is 6.88. The van der Waals surface area contributed by atoms with Crippen molar-refractivity contribution in [2.24, 2.45) is 5.14 Å². The van der Waals surface area contributed by atoms with Crippen molar-refractivity contribution < 1.29 is 27.0 Å². The minimum atomic E-state index is -4.31. The first kappa shape index (κ1) is 17.2. The Morgan fingerprint density at radius 3 is 2.76 bits per heavy atom. The van der Waals surface area contributed by atoms with Crippen LogP contribution in [0.15, 0.2) is 35.5 Å². The van der Waals surface area contributed by atoms with Gasteiger partial charge in [-0.3, -0.25) is 4.98 Å². The Balaban J connectivity index is 2.13. The molecule has 0 aliphatic heterocycles. The highest BCUT2D eigenvalue weighted by atomic mass is 32.2. The monoisotopic (exact) mass is 367 g/mol. The van der Waals surface area contributed by atoms with E-state index in [1.165, 1.54) is 24.5 Å². The van der Waals surface area contributed by atoms with Gasteiger partial charge in [-0.15, -0.1) is 0 Å². The summed E-state index contributed by atoms with van der Waals surface area (Å²) in [6.45, 7) is 6.93. The molecule has 1 aliphatic carbocycles. The normalized spacial score (nSPS) is 18.4. The van der Waals surface area contributed by atoms with Gasteiger partial charge < -0.3 is 9.84 Å². The van der Waals surface area contributed by atoms with E-state index in [-0.39, 0.29) is 22.7 Å². The molecule has 0 amide bonds. The van der Waals surface area contributed by atoms with E-state index >= 15 is 0 Å². The summed E-state index contributed by atoms with van der Waals surface area (Å²) < 4.78 is 56.7. The van der Waals surface area contributed by atoms with E-state index in [1.807, 2.05) is 0 Å². The molecule has 1 heterocycles. The zero-order valence-corrected chi connectivity index (χ0v) is 13.3. The lowest BCUT2D eigenvalue weighted by atomic mass is 10.1. The molecule has 130 valence electrons. The van der Waals surface area contributed by atoms with Crippen LogP contribution in [-0.4, -0.2) is 24.4 Å². The Labute approximate surface area is 141 Å². The molecule has 0 radical (unpaired) electrons. The van der Waals surface area contributed by atoms with Gasteiger partial charge in [-0.25, -0.2) is 27.2 Å². The van der Waals surface area contributed by atoms with E-state index < -0.39 is 38.9 Å². The third kappa shape index (κ3) is 3.05. The third-order valence-corrected chi connectivity index (χ3v) is 4.69. The number of halogens is 2. The number of nitrogens with zero attached hydrogens (tertiary/aromatic N) is 2. The number of ether oxygens (including phenoxy) is 1. The number of aromatic nitrogens is 1. The fourth-order valence-corrected chi connectivity index (χ4v) is 3.44. The van der Waals surface area contributed by atoms with Gasteiger partial charge in [-0.2, -0.15) is 0 Å². The predicted molar refractivity (Wildman–Crippen MR) is 82.0 cm³/mol. The molecule has 0 saturated carbocycles. The largest absolute Gasteiger partial charge is 0.457 e. The van der Waals surface area contributed by atoms with Gasteiger partial charge >= 0.3 is 0 Å². The van der Waals surface area contributed by atoms with E-state index in [1.54, 1.807) is 0 Å². The van der Waals surface area contributed by atoms with E-state index in [0.29, 0.717) is 0 Å². The summed E-state index contributed by atoms with van der Waals surface area (Å²) in [6.07, 6.45) is -0.644. The van der Waals surface area contributed by atoms with Crippen molar-refractivity contribution in [1.29, 1.82) is 0 Å². The van der Waals surface area contributed by atoms with Gasteiger partial charge in [0, 0.05) is 23.7 Å². The van der Waals surface area contributed by atoms with Gasteiger partial charge in [-0.05, 0) is 18.2 Å². The van der Waals surface area contributed by atoms with Crippen LogP contribution >= 0.6 is 0 Å². The highest BCUT2D eigenvalue weighted by molar-refractivity contribution is 7.89. The molecule has 0 bridgehead atoms. The standard InChI is InChI=1S/C15H11F2N3O4S/c1-19-8-4-9(7-20-6-8)24-11-2-3-12(25(18,22)23)13-10(11)5-15(16,17)14(13)21/h2-4,6-7,14,21H,5H2,(H2,18,22,23)/t14-/m0/s1. The fraction of sp³-hybridized carbons (Fsp3) is 0.200. The molecule has 1 atom stereocenters. The summed E-state index contributed by atoms with van der Waals surface area (Å²) >= 11 is 0. The van der Waals surface area contributed by atoms with E-state index in [2.05, 4.69) is 9.83 Å². The Bertz CT molecular complexity index is 1000. The van der Waals surface area contributed by atoms with Gasteiger partial charge in [0.1, 0.15) is 17.6 Å². The lowest BCUT2D eigenvalue weighted by Crippen LogP contribution is -2.23. The van der Waals surface area contributed by atoms with Gasteiger partial charge in [0.15, 0.2) is 0 Å². The number of rotatable bonds is 3. The van der Waals surface area contributed by atoms with E-state index in [9.17, 15) is 22.3 Å². The molecule has 3 rings (SSSR count). The van der Waals surface area contributed by atoms with Crippen molar-refractivity contribution in [3.05, 3.63) is 53.1 Å². The second kappa shape index (κ2) is 5.73. The maximum absolute atomic E-state index is 13.9. The summed E-state index contributed by atoms with van der Waals surface area (Å²) in [4.78, 5) is 6.40. The van der Waals surface area contributed by atoms with Crippen LogP contribution in [0.2, 0.25) is 0 Å². The molecule has 2 aromatic rings. The molecule has 0 fully saturated rings. The zero-order chi connectivity index (χ0) is 18.4. The van der Waals surface area contributed by atoms with Crippen molar-refractivity contribution in [2.75, 3.05) is 0 Å². The molecule has 0 unspecified atom stereocenters. The van der Waals surface area contributed by atoms with Crippen LogP contribution in [0.3, 0.4) is 0 Å². The molecule has 3 N–H and O–H groups in total. The summed E-state index contributed by atoms with van der Waals surface area (Å²) in [5, 5.41) is 14.9. The number of primary sulfonamides is 1. The van der Waals surface area contributed by atoms with E-state index in [0.717, 1.165) is 6.07 Å². The zero-order valence-electron chi connectivity index (χ0n) is 12.5. The average molecular weight is 367 g/mol. The number of fused-ring (bicyclic) bond motifs is 1. The van der Waals surface area contributed by atoms with Crippen molar-refractivity contribution in [3.63, 3.8) is 0 Å². The first-order chi connectivity index (χ1) is 11.6. The molecule has 1 aromatic carbocycles. The Kier molecular flexibility index (Phi) is 3.95. The molecular weight excluding hydrogens is 356 g/mol. The predicted octanol–water partition coefficient (Wildman–Crippen LogP) is 2.30. The molecule has 10 heteroatoms. The van der Waals surface area contributed by atoms with Crippen molar-refractivity contribution in [3.8, 4) is 11.5 Å². The molecule has 0 saturated heterocycles. The van der Waals surface area contributed by atoms with Crippen molar-refractivity contribution in [1.82, 2.24) is 4.98 Å². The quantitative estimate of drug-likeness (QED) is 0.810. The Morgan fingerprint density at radius 1 is 1.40 bits per heavy atom. The minimum absolute atomic E-state index is 0.0671. The van der Waals surface area contributed by atoms with Crippen LogP contribution in [0.4, 0.5) is 14.5 Å². The molecule has 1 aliphatic rings. The summed E-state index contributed by atoms with van der Waals surface area (Å²) in [5.74, 6) is -3.51.